The van der Waals surface area contributed by atoms with Gasteiger partial charge in [-0.2, -0.15) is 0 Å². The fourth-order valence-electron chi connectivity index (χ4n) is 3.70. The molecule has 0 radical (unpaired) electrons. The molecule has 0 unspecified atom stereocenters. The molecule has 0 aliphatic heterocycles. The van der Waals surface area contributed by atoms with E-state index in [1.165, 1.54) is 40.7 Å². The first-order chi connectivity index (χ1) is 12.7. The van der Waals surface area contributed by atoms with E-state index >= 15 is 0 Å². The summed E-state index contributed by atoms with van der Waals surface area (Å²) in [4.78, 5) is 7.23. The second-order valence-corrected chi connectivity index (χ2v) is 7.74. The van der Waals surface area contributed by atoms with Crippen LogP contribution in [0.25, 0.3) is 10.2 Å². The van der Waals surface area contributed by atoms with Crippen LogP contribution in [0.4, 0.5) is 5.82 Å². The van der Waals surface area contributed by atoms with Gasteiger partial charge in [0.05, 0.1) is 20.8 Å². The molecule has 2 N–H and O–H groups in total. The fraction of sp³-hybridized carbons (Fsp3) is 0.400. The van der Waals surface area contributed by atoms with E-state index < -0.39 is 0 Å². The van der Waals surface area contributed by atoms with E-state index in [0.717, 1.165) is 41.5 Å². The molecule has 6 heteroatoms. The van der Waals surface area contributed by atoms with E-state index in [2.05, 4.69) is 15.6 Å². The summed E-state index contributed by atoms with van der Waals surface area (Å²) in [5.74, 6) is 2.34. The van der Waals surface area contributed by atoms with E-state index in [-0.39, 0.29) is 0 Å². The third-order valence-corrected chi connectivity index (χ3v) is 6.32. The van der Waals surface area contributed by atoms with E-state index in [0.29, 0.717) is 0 Å². The lowest BCUT2D eigenvalue weighted by Gasteiger charge is -2.11. The Morgan fingerprint density at radius 2 is 1.96 bits per heavy atom. The van der Waals surface area contributed by atoms with Crippen molar-refractivity contribution >= 4 is 27.4 Å². The van der Waals surface area contributed by atoms with Crippen LogP contribution >= 0.6 is 11.3 Å². The molecule has 1 aromatic carbocycles. The van der Waals surface area contributed by atoms with Crippen molar-refractivity contribution in [2.75, 3.05) is 20.0 Å². The van der Waals surface area contributed by atoms with Crippen LogP contribution < -0.4 is 19.8 Å². The topological polar surface area (TPSA) is 61.2 Å². The summed E-state index contributed by atoms with van der Waals surface area (Å²) < 4.78 is 12.8. The molecule has 0 amide bonds. The lowest BCUT2D eigenvalue weighted by Crippen LogP contribution is -2.38. The third kappa shape index (κ3) is 2.98. The number of rotatable bonds is 5. The Balaban J connectivity index is 1.61. The molecule has 0 fully saturated rings. The van der Waals surface area contributed by atoms with Gasteiger partial charge < -0.3 is 15.2 Å². The fourth-order valence-corrected chi connectivity index (χ4v) is 4.94. The van der Waals surface area contributed by atoms with Gasteiger partial charge in [0.1, 0.15) is 5.39 Å². The third-order valence-electron chi connectivity index (χ3n) is 5.12. The first-order valence-corrected chi connectivity index (χ1v) is 9.82. The minimum absolute atomic E-state index is 0.747. The maximum atomic E-state index is 6.54. The van der Waals surface area contributed by atoms with Gasteiger partial charge in [-0.15, -0.1) is 11.3 Å². The van der Waals surface area contributed by atoms with Gasteiger partial charge in [0.25, 0.3) is 0 Å². The number of fused-ring (bicyclic) bond motifs is 3. The molecule has 0 saturated heterocycles. The number of nitrogens with two attached hydrogens (primary N) is 1. The summed E-state index contributed by atoms with van der Waals surface area (Å²) in [5.41, 5.74) is 9.15. The largest absolute Gasteiger partial charge is 0.493 e. The number of hydrogen-bond acceptors (Lipinski definition) is 5. The van der Waals surface area contributed by atoms with Crippen LogP contribution in [0.15, 0.2) is 24.5 Å². The van der Waals surface area contributed by atoms with E-state index in [1.807, 2.05) is 29.8 Å². The summed E-state index contributed by atoms with van der Waals surface area (Å²) in [6.45, 7) is 0.787. The number of benzene rings is 1. The number of hydrogen-bond donors (Lipinski definition) is 1. The summed E-state index contributed by atoms with van der Waals surface area (Å²) in [7, 11) is 3.31. The van der Waals surface area contributed by atoms with Crippen molar-refractivity contribution in [2.45, 2.75) is 38.6 Å². The zero-order chi connectivity index (χ0) is 18.1. The average Bonchev–Trinajstić information content (AvgIpc) is 3.06. The SMILES string of the molecule is COc1ccc(CC[n+]2cnc3sc4c(c3c2N)CCCC4)cc1OC. The normalized spacial score (nSPS) is 13.6. The number of nitrogens with zero attached hydrogens (tertiary/aromatic N) is 2. The maximum Gasteiger partial charge on any atom is 0.231 e. The Morgan fingerprint density at radius 3 is 2.77 bits per heavy atom. The molecule has 0 atom stereocenters. The van der Waals surface area contributed by atoms with Crippen LogP contribution in [-0.2, 0) is 25.8 Å². The van der Waals surface area contributed by atoms with Gasteiger partial charge in [-0.3, -0.25) is 0 Å². The van der Waals surface area contributed by atoms with E-state index in [9.17, 15) is 0 Å². The van der Waals surface area contributed by atoms with E-state index in [4.69, 9.17) is 15.2 Å². The zero-order valence-electron chi connectivity index (χ0n) is 15.2. The molecule has 2 heterocycles. The van der Waals surface area contributed by atoms with Crippen molar-refractivity contribution in [2.24, 2.45) is 0 Å². The van der Waals surface area contributed by atoms with Gasteiger partial charge in [0, 0.05) is 11.3 Å². The molecule has 3 aromatic rings. The summed E-state index contributed by atoms with van der Waals surface area (Å²) in [6.07, 6.45) is 7.55. The molecule has 5 nitrogen and oxygen atoms in total. The van der Waals surface area contributed by atoms with Crippen molar-refractivity contribution in [1.82, 2.24) is 4.98 Å². The average molecular weight is 370 g/mol. The highest BCUT2D eigenvalue weighted by Gasteiger charge is 2.23. The van der Waals surface area contributed by atoms with Gasteiger partial charge in [-0.25, -0.2) is 4.57 Å². The van der Waals surface area contributed by atoms with Gasteiger partial charge in [0.2, 0.25) is 17.0 Å². The Bertz CT molecular complexity index is 952. The molecule has 1 aliphatic rings. The Labute approximate surface area is 157 Å². The van der Waals surface area contributed by atoms with E-state index in [1.54, 1.807) is 14.2 Å². The van der Waals surface area contributed by atoms with Gasteiger partial charge in [-0.05, 0) is 48.9 Å². The molecule has 1 aliphatic carbocycles. The second kappa shape index (κ2) is 7.11. The first kappa shape index (κ1) is 17.1. The number of methoxy groups -OCH3 is 2. The second-order valence-electron chi connectivity index (χ2n) is 6.65. The Morgan fingerprint density at radius 1 is 1.15 bits per heavy atom. The Kier molecular flexibility index (Phi) is 4.68. The van der Waals surface area contributed by atoms with Crippen LogP contribution in [0, 0.1) is 0 Å². The molecule has 0 bridgehead atoms. The highest BCUT2D eigenvalue weighted by Crippen LogP contribution is 2.36. The van der Waals surface area contributed by atoms with Gasteiger partial charge >= 0.3 is 0 Å². The van der Waals surface area contributed by atoms with Crippen LogP contribution in [0.5, 0.6) is 11.5 Å². The monoisotopic (exact) mass is 370 g/mol. The lowest BCUT2D eigenvalue weighted by molar-refractivity contribution is -0.684. The van der Waals surface area contributed by atoms with Crippen molar-refractivity contribution in [1.29, 1.82) is 0 Å². The van der Waals surface area contributed by atoms with Crippen molar-refractivity contribution in [3.05, 3.63) is 40.5 Å². The molecule has 4 rings (SSSR count). The molecular weight excluding hydrogens is 346 g/mol. The Hall–Kier alpha value is -2.34. The van der Waals surface area contributed by atoms with Crippen LogP contribution in [-0.4, -0.2) is 19.2 Å². The minimum atomic E-state index is 0.747. The number of aryl methyl sites for hydroxylation is 4. The predicted molar refractivity (Wildman–Crippen MR) is 104 cm³/mol. The van der Waals surface area contributed by atoms with Crippen molar-refractivity contribution < 1.29 is 14.0 Å². The molecule has 0 spiro atoms. The first-order valence-electron chi connectivity index (χ1n) is 9.00. The lowest BCUT2D eigenvalue weighted by atomic mass is 9.97. The maximum absolute atomic E-state index is 6.54. The van der Waals surface area contributed by atoms with Crippen LogP contribution in [0.2, 0.25) is 0 Å². The number of nitrogen functional groups attached to an aromatic ring is 1. The number of thiophene rings is 1. The highest BCUT2D eigenvalue weighted by molar-refractivity contribution is 7.18. The molecule has 0 saturated carbocycles. The summed E-state index contributed by atoms with van der Waals surface area (Å²) >= 11 is 1.81. The van der Waals surface area contributed by atoms with Crippen molar-refractivity contribution in [3.63, 3.8) is 0 Å². The highest BCUT2D eigenvalue weighted by atomic mass is 32.1. The van der Waals surface area contributed by atoms with Crippen LogP contribution in [0.1, 0.15) is 28.8 Å². The number of aromatic nitrogens is 2. The molecule has 136 valence electrons. The summed E-state index contributed by atoms with van der Waals surface area (Å²) in [6, 6.07) is 6.03. The molecule has 26 heavy (non-hydrogen) atoms. The van der Waals surface area contributed by atoms with Gasteiger partial charge in [-0.1, -0.05) is 11.1 Å². The van der Waals surface area contributed by atoms with Gasteiger partial charge in [0.15, 0.2) is 11.5 Å². The number of anilines is 1. The minimum Gasteiger partial charge on any atom is -0.493 e. The smallest absolute Gasteiger partial charge is 0.231 e. The molecule has 2 aromatic heterocycles. The molecular formula is C20H24N3O2S+. The van der Waals surface area contributed by atoms with Crippen molar-refractivity contribution in [3.8, 4) is 11.5 Å². The number of ether oxygens (including phenoxy) is 2. The summed E-state index contributed by atoms with van der Waals surface area (Å²) in [5, 5.41) is 1.18. The predicted octanol–water partition coefficient (Wildman–Crippen LogP) is 3.30. The quantitative estimate of drug-likeness (QED) is 0.700. The zero-order valence-corrected chi connectivity index (χ0v) is 16.1. The van der Waals surface area contributed by atoms with Crippen LogP contribution in [0.3, 0.4) is 0 Å². The standard InChI is InChI=1S/C20H23N3O2S/c1-24-15-8-7-13(11-16(15)25-2)9-10-23-12-22-20-18(19(23)21)14-5-3-4-6-17(14)26-20/h7-8,11-12,21H,3-6,9-10H2,1-2H3/p+1.